The van der Waals surface area contributed by atoms with E-state index in [2.05, 4.69) is 13.8 Å². The molecule has 0 aliphatic rings. The van der Waals surface area contributed by atoms with Crippen molar-refractivity contribution in [1.82, 2.24) is 0 Å². The minimum atomic E-state index is -0.847. The number of nitrogens with one attached hydrogen (secondary N) is 1. The van der Waals surface area contributed by atoms with E-state index in [9.17, 15) is 4.79 Å². The molecular formula is C11H16NO2+. The van der Waals surface area contributed by atoms with Crippen LogP contribution in [0, 0.1) is 0 Å². The lowest BCUT2D eigenvalue weighted by atomic mass is 10.1. The molecule has 1 aromatic carbocycles. The molecule has 14 heavy (non-hydrogen) atoms. The summed E-state index contributed by atoms with van der Waals surface area (Å²) in [7, 11) is 0. The highest BCUT2D eigenvalue weighted by Gasteiger charge is 2.16. The van der Waals surface area contributed by atoms with Crippen molar-refractivity contribution >= 4 is 11.7 Å². The monoisotopic (exact) mass is 194 g/mol. The molecule has 0 heterocycles. The zero-order chi connectivity index (χ0) is 10.6. The van der Waals surface area contributed by atoms with Gasteiger partial charge in [0.15, 0.2) is 0 Å². The average molecular weight is 194 g/mol. The Morgan fingerprint density at radius 2 is 1.86 bits per heavy atom. The fourth-order valence-corrected chi connectivity index (χ4v) is 1.61. The summed E-state index contributed by atoms with van der Waals surface area (Å²) in [6.45, 7) is 5.91. The van der Waals surface area contributed by atoms with Gasteiger partial charge in [0.05, 0.1) is 13.1 Å². The van der Waals surface area contributed by atoms with Gasteiger partial charge in [0.25, 0.3) is 0 Å². The van der Waals surface area contributed by atoms with E-state index in [4.69, 9.17) is 5.11 Å². The number of hydrogen-bond donors (Lipinski definition) is 2. The molecule has 0 aromatic heterocycles. The molecule has 1 aromatic rings. The molecule has 0 saturated carbocycles. The lowest BCUT2D eigenvalue weighted by Crippen LogP contribution is -3.06. The third-order valence-corrected chi connectivity index (χ3v) is 2.39. The minimum Gasteiger partial charge on any atom is -0.477 e. The molecular weight excluding hydrogens is 178 g/mol. The molecule has 2 N–H and O–H groups in total. The molecule has 0 fully saturated rings. The van der Waals surface area contributed by atoms with Gasteiger partial charge >= 0.3 is 5.97 Å². The number of carboxylic acid groups (broad SMARTS) is 1. The molecule has 76 valence electrons. The molecule has 0 spiro atoms. The maximum Gasteiger partial charge on any atom is 0.341 e. The largest absolute Gasteiger partial charge is 0.477 e. The maximum absolute atomic E-state index is 10.9. The van der Waals surface area contributed by atoms with Crippen molar-refractivity contribution in [3.8, 4) is 0 Å². The minimum absolute atomic E-state index is 0.409. The highest BCUT2D eigenvalue weighted by atomic mass is 16.4. The molecule has 3 heteroatoms. The van der Waals surface area contributed by atoms with Crippen LogP contribution in [0.1, 0.15) is 24.2 Å². The number of rotatable bonds is 4. The van der Waals surface area contributed by atoms with E-state index in [1.165, 1.54) is 4.90 Å². The Bertz CT molecular complexity index is 319. The predicted molar refractivity (Wildman–Crippen MR) is 55.1 cm³/mol. The van der Waals surface area contributed by atoms with Crippen molar-refractivity contribution in [3.63, 3.8) is 0 Å². The van der Waals surface area contributed by atoms with Crippen molar-refractivity contribution < 1.29 is 14.8 Å². The highest BCUT2D eigenvalue weighted by molar-refractivity contribution is 5.92. The Morgan fingerprint density at radius 1 is 1.29 bits per heavy atom. The van der Waals surface area contributed by atoms with Crippen molar-refractivity contribution in [2.24, 2.45) is 0 Å². The third kappa shape index (κ3) is 2.12. The topological polar surface area (TPSA) is 41.7 Å². The number of carbonyl (C=O) groups is 1. The number of aromatic carboxylic acids is 1. The normalized spacial score (nSPS) is 10.5. The molecule has 0 radical (unpaired) electrons. The molecule has 1 rings (SSSR count). The Balaban J connectivity index is 3.11. The fraction of sp³-hybridized carbons (Fsp3) is 0.364. The molecule has 0 unspecified atom stereocenters. The summed E-state index contributed by atoms with van der Waals surface area (Å²) in [6, 6.07) is 7.18. The van der Waals surface area contributed by atoms with Crippen LogP contribution in [0.5, 0.6) is 0 Å². The molecule has 0 bridgehead atoms. The van der Waals surface area contributed by atoms with Crippen molar-refractivity contribution in [3.05, 3.63) is 29.8 Å². The van der Waals surface area contributed by atoms with Gasteiger partial charge in [-0.1, -0.05) is 12.1 Å². The number of benzene rings is 1. The first-order valence-electron chi connectivity index (χ1n) is 4.88. The van der Waals surface area contributed by atoms with Crippen LogP contribution >= 0.6 is 0 Å². The zero-order valence-electron chi connectivity index (χ0n) is 8.58. The van der Waals surface area contributed by atoms with Gasteiger partial charge in [-0.05, 0) is 26.0 Å². The standard InChI is InChI=1S/C11H15NO2/c1-3-12(4-2)10-8-6-5-7-9(10)11(13)14/h5-8H,3-4H2,1-2H3,(H,13,14)/p+1. The predicted octanol–water partition coefficient (Wildman–Crippen LogP) is 0.941. The van der Waals surface area contributed by atoms with E-state index >= 15 is 0 Å². The van der Waals surface area contributed by atoms with Gasteiger partial charge in [-0.3, -0.25) is 0 Å². The van der Waals surface area contributed by atoms with E-state index < -0.39 is 5.97 Å². The van der Waals surface area contributed by atoms with Crippen molar-refractivity contribution in [1.29, 1.82) is 0 Å². The van der Waals surface area contributed by atoms with Crippen LogP contribution in [0.2, 0.25) is 0 Å². The summed E-state index contributed by atoms with van der Waals surface area (Å²) in [5, 5.41) is 8.99. The second kappa shape index (κ2) is 4.77. The Kier molecular flexibility index (Phi) is 3.65. The summed E-state index contributed by atoms with van der Waals surface area (Å²) in [5.41, 5.74) is 1.29. The number of para-hydroxylation sites is 1. The van der Waals surface area contributed by atoms with E-state index in [0.29, 0.717) is 5.56 Å². The van der Waals surface area contributed by atoms with Gasteiger partial charge < -0.3 is 10.0 Å². The lowest BCUT2D eigenvalue weighted by Gasteiger charge is -2.16. The van der Waals surface area contributed by atoms with Gasteiger partial charge in [-0.2, -0.15) is 0 Å². The summed E-state index contributed by atoms with van der Waals surface area (Å²) in [6.07, 6.45) is 0. The first-order valence-corrected chi connectivity index (χ1v) is 4.88. The summed E-state index contributed by atoms with van der Waals surface area (Å²) >= 11 is 0. The van der Waals surface area contributed by atoms with Crippen LogP contribution in [0.4, 0.5) is 5.69 Å². The molecule has 3 nitrogen and oxygen atoms in total. The van der Waals surface area contributed by atoms with Gasteiger partial charge in [-0.15, -0.1) is 0 Å². The highest BCUT2D eigenvalue weighted by Crippen LogP contribution is 2.09. The molecule has 0 aliphatic carbocycles. The second-order valence-electron chi connectivity index (χ2n) is 3.16. The smallest absolute Gasteiger partial charge is 0.341 e. The SMILES string of the molecule is CC[NH+](CC)c1ccccc1C(=O)O. The molecule has 0 amide bonds. The first-order chi connectivity index (χ1) is 6.70. The van der Waals surface area contributed by atoms with Gasteiger partial charge in [0.1, 0.15) is 11.3 Å². The number of quaternary nitrogens is 1. The Hall–Kier alpha value is -1.35. The van der Waals surface area contributed by atoms with Crippen LogP contribution in [0.25, 0.3) is 0 Å². The Morgan fingerprint density at radius 3 is 2.36 bits per heavy atom. The molecule has 0 aliphatic heterocycles. The van der Waals surface area contributed by atoms with Gasteiger partial charge in [-0.25, -0.2) is 4.79 Å². The van der Waals surface area contributed by atoms with Crippen molar-refractivity contribution in [2.75, 3.05) is 13.1 Å². The van der Waals surface area contributed by atoms with E-state index in [1.807, 2.05) is 12.1 Å². The van der Waals surface area contributed by atoms with Crippen molar-refractivity contribution in [2.45, 2.75) is 13.8 Å². The van der Waals surface area contributed by atoms with E-state index in [1.54, 1.807) is 12.1 Å². The van der Waals surface area contributed by atoms with E-state index in [-0.39, 0.29) is 0 Å². The zero-order valence-corrected chi connectivity index (χ0v) is 8.58. The van der Waals surface area contributed by atoms with Crippen LogP contribution in [0.3, 0.4) is 0 Å². The first kappa shape index (κ1) is 10.7. The maximum atomic E-state index is 10.9. The summed E-state index contributed by atoms with van der Waals surface area (Å²) in [5.74, 6) is -0.847. The van der Waals surface area contributed by atoms with Crippen LogP contribution in [-0.4, -0.2) is 24.2 Å². The lowest BCUT2D eigenvalue weighted by molar-refractivity contribution is -0.828. The van der Waals surface area contributed by atoms with Crippen LogP contribution in [-0.2, 0) is 0 Å². The number of hydrogen-bond acceptors (Lipinski definition) is 1. The fourth-order valence-electron chi connectivity index (χ4n) is 1.61. The third-order valence-electron chi connectivity index (χ3n) is 2.39. The van der Waals surface area contributed by atoms with Crippen LogP contribution < -0.4 is 4.90 Å². The quantitative estimate of drug-likeness (QED) is 0.749. The summed E-state index contributed by atoms with van der Waals surface area (Å²) in [4.78, 5) is 12.1. The second-order valence-corrected chi connectivity index (χ2v) is 3.16. The van der Waals surface area contributed by atoms with Gasteiger partial charge in [0, 0.05) is 0 Å². The van der Waals surface area contributed by atoms with E-state index in [0.717, 1.165) is 18.8 Å². The van der Waals surface area contributed by atoms with Gasteiger partial charge in [0.2, 0.25) is 0 Å². The Labute approximate surface area is 84.0 Å². The van der Waals surface area contributed by atoms with Crippen LogP contribution in [0.15, 0.2) is 24.3 Å². The molecule has 0 atom stereocenters. The average Bonchev–Trinajstić information content (AvgIpc) is 2.20. The summed E-state index contributed by atoms with van der Waals surface area (Å²) < 4.78 is 0. The number of carboxylic acids is 1. The molecule has 0 saturated heterocycles.